The third-order valence-electron chi connectivity index (χ3n) is 6.51. The van der Waals surface area contributed by atoms with Crippen LogP contribution in [-0.4, -0.2) is 23.1 Å². The zero-order valence-electron chi connectivity index (χ0n) is 15.8. The van der Waals surface area contributed by atoms with Gasteiger partial charge in [-0.3, -0.25) is 4.79 Å². The first kappa shape index (κ1) is 19.7. The zero-order chi connectivity index (χ0) is 18.8. The summed E-state index contributed by atoms with van der Waals surface area (Å²) in [6, 6.07) is 0. The molecule has 0 saturated heterocycles. The first-order valence-corrected chi connectivity index (χ1v) is 9.48. The first-order chi connectivity index (χ1) is 11.7. The highest BCUT2D eigenvalue weighted by Crippen LogP contribution is 2.55. The monoisotopic (exact) mass is 348 g/mol. The number of allylic oxidation sites excluding steroid dienone is 1. The number of aliphatic carboxylic acids is 1. The van der Waals surface area contributed by atoms with E-state index in [1.54, 1.807) is 0 Å². The first-order valence-electron chi connectivity index (χ1n) is 9.48. The molecule has 2 saturated carbocycles. The van der Waals surface area contributed by atoms with Crippen molar-refractivity contribution >= 4 is 11.9 Å². The Balaban J connectivity index is 2.23. The number of rotatable bonds is 6. The zero-order valence-corrected chi connectivity index (χ0v) is 15.8. The van der Waals surface area contributed by atoms with Crippen molar-refractivity contribution in [2.75, 3.05) is 0 Å². The van der Waals surface area contributed by atoms with E-state index in [-0.39, 0.29) is 34.9 Å². The van der Waals surface area contributed by atoms with Gasteiger partial charge < -0.3 is 9.84 Å². The van der Waals surface area contributed by atoms with Crippen molar-refractivity contribution in [3.8, 4) is 0 Å². The van der Waals surface area contributed by atoms with Gasteiger partial charge in [0.15, 0.2) is 0 Å². The minimum atomic E-state index is -0.959. The summed E-state index contributed by atoms with van der Waals surface area (Å²) in [6.45, 7) is 14.3. The van der Waals surface area contributed by atoms with Gasteiger partial charge >= 0.3 is 11.9 Å². The smallest absolute Gasteiger partial charge is 0.331 e. The van der Waals surface area contributed by atoms with Crippen LogP contribution in [-0.2, 0) is 14.3 Å². The maximum atomic E-state index is 12.4. The Bertz CT molecular complexity index is 564. The van der Waals surface area contributed by atoms with Crippen LogP contribution in [0.5, 0.6) is 0 Å². The van der Waals surface area contributed by atoms with Crippen LogP contribution in [0, 0.1) is 23.2 Å². The molecule has 0 unspecified atom stereocenters. The number of carbonyl (C=O) groups excluding carboxylic acids is 1. The third kappa shape index (κ3) is 4.16. The Morgan fingerprint density at radius 1 is 1.40 bits per heavy atom. The number of fused-ring (bicyclic) bond motifs is 1. The lowest BCUT2D eigenvalue weighted by atomic mass is 9.55. The lowest BCUT2D eigenvalue weighted by Gasteiger charge is -2.52. The summed E-state index contributed by atoms with van der Waals surface area (Å²) in [5.41, 5.74) is 1.25. The summed E-state index contributed by atoms with van der Waals surface area (Å²) in [5, 5.41) is 9.35. The van der Waals surface area contributed by atoms with Crippen LogP contribution >= 0.6 is 0 Å². The normalized spacial score (nSPS) is 33.2. The second-order valence-electron chi connectivity index (χ2n) is 8.26. The van der Waals surface area contributed by atoms with Crippen molar-refractivity contribution in [3.05, 3.63) is 24.3 Å². The number of ether oxygens (including phenoxy) is 1. The fraction of sp³-hybridized carbons (Fsp3) is 0.714. The lowest BCUT2D eigenvalue weighted by molar-refractivity contribution is -0.166. The molecule has 2 rings (SSSR count). The quantitative estimate of drug-likeness (QED) is 0.427. The Morgan fingerprint density at radius 3 is 2.68 bits per heavy atom. The minimum absolute atomic E-state index is 0.143. The van der Waals surface area contributed by atoms with Crippen molar-refractivity contribution in [2.45, 2.75) is 71.8 Å². The predicted molar refractivity (Wildman–Crippen MR) is 98.0 cm³/mol. The molecule has 0 aromatic carbocycles. The molecule has 0 heterocycles. The molecule has 0 radical (unpaired) electrons. The van der Waals surface area contributed by atoms with E-state index >= 15 is 0 Å². The van der Waals surface area contributed by atoms with Gasteiger partial charge in [0, 0.05) is 17.4 Å². The molecule has 2 aliphatic carbocycles. The van der Waals surface area contributed by atoms with Gasteiger partial charge in [0.05, 0.1) is 0 Å². The molecule has 1 N–H and O–H groups in total. The molecule has 0 amide bonds. The molecule has 0 aliphatic heterocycles. The molecule has 4 heteroatoms. The lowest BCUT2D eigenvalue weighted by Crippen LogP contribution is -2.50. The van der Waals surface area contributed by atoms with E-state index in [0.717, 1.165) is 32.1 Å². The highest BCUT2D eigenvalue weighted by molar-refractivity contribution is 5.86. The fourth-order valence-electron chi connectivity index (χ4n) is 4.52. The Morgan fingerprint density at radius 2 is 2.08 bits per heavy atom. The molecule has 5 atom stereocenters. The number of hydrogen-bond donors (Lipinski definition) is 1. The van der Waals surface area contributed by atoms with Gasteiger partial charge in [0.1, 0.15) is 6.10 Å². The number of hydrogen-bond acceptors (Lipinski definition) is 3. The Hall–Kier alpha value is -1.58. The van der Waals surface area contributed by atoms with Crippen LogP contribution in [0.1, 0.15) is 65.7 Å². The topological polar surface area (TPSA) is 63.6 Å². The fourth-order valence-corrected chi connectivity index (χ4v) is 4.52. The van der Waals surface area contributed by atoms with Gasteiger partial charge in [-0.2, -0.15) is 0 Å². The largest absolute Gasteiger partial charge is 0.478 e. The van der Waals surface area contributed by atoms with E-state index in [1.807, 2.05) is 6.92 Å². The average Bonchev–Trinajstić information content (AvgIpc) is 2.54. The molecule has 2 aliphatic rings. The Labute approximate surface area is 151 Å². The van der Waals surface area contributed by atoms with Crippen LogP contribution < -0.4 is 0 Å². The van der Waals surface area contributed by atoms with E-state index < -0.39 is 5.97 Å². The van der Waals surface area contributed by atoms with Crippen LogP contribution in [0.15, 0.2) is 24.3 Å². The molecule has 4 nitrogen and oxygen atoms in total. The highest BCUT2D eigenvalue weighted by atomic mass is 16.5. The van der Waals surface area contributed by atoms with E-state index in [4.69, 9.17) is 4.74 Å². The van der Waals surface area contributed by atoms with Crippen LogP contribution in [0.4, 0.5) is 0 Å². The highest BCUT2D eigenvalue weighted by Gasteiger charge is 2.51. The second-order valence-corrected chi connectivity index (χ2v) is 8.26. The molecular weight excluding hydrogens is 316 g/mol. The third-order valence-corrected chi connectivity index (χ3v) is 6.51. The Kier molecular flexibility index (Phi) is 6.12. The number of carbonyl (C=O) groups is 2. The average molecular weight is 348 g/mol. The summed E-state index contributed by atoms with van der Waals surface area (Å²) in [4.78, 5) is 23.8. The summed E-state index contributed by atoms with van der Waals surface area (Å²) in [5.74, 6) is -0.799. The van der Waals surface area contributed by atoms with Crippen molar-refractivity contribution in [1.82, 2.24) is 0 Å². The van der Waals surface area contributed by atoms with Crippen molar-refractivity contribution < 1.29 is 19.4 Å². The van der Waals surface area contributed by atoms with Gasteiger partial charge in [-0.15, -0.1) is 0 Å². The van der Waals surface area contributed by atoms with E-state index in [0.29, 0.717) is 18.8 Å². The molecule has 0 bridgehead atoms. The number of esters is 1. The summed E-state index contributed by atoms with van der Waals surface area (Å²) >= 11 is 0. The summed E-state index contributed by atoms with van der Waals surface area (Å²) in [6.07, 6.45) is 5.41. The maximum Gasteiger partial charge on any atom is 0.331 e. The molecule has 2 fully saturated rings. The molecular formula is C21H32O4. The standard InChI is InChI=1S/C21H32O4/c1-6-13(2)10-19(22)25-18-12-16(15(4)20(23)24)11-17-14(3)8-7-9-21(17,18)5/h13,16-18H,3-4,6-12H2,1-2,5H3,(H,23,24)/t13-,16-,17+,18-,21+/m1/s1. The van der Waals surface area contributed by atoms with Crippen molar-refractivity contribution in [2.24, 2.45) is 23.2 Å². The molecule has 140 valence electrons. The molecule has 25 heavy (non-hydrogen) atoms. The predicted octanol–water partition coefficient (Wildman–Crippen LogP) is 4.75. The van der Waals surface area contributed by atoms with Gasteiger partial charge in [0.25, 0.3) is 0 Å². The van der Waals surface area contributed by atoms with Crippen LogP contribution in [0.25, 0.3) is 0 Å². The van der Waals surface area contributed by atoms with E-state index in [9.17, 15) is 14.7 Å². The minimum Gasteiger partial charge on any atom is -0.478 e. The molecule has 0 spiro atoms. The summed E-state index contributed by atoms with van der Waals surface area (Å²) < 4.78 is 5.93. The van der Waals surface area contributed by atoms with E-state index in [1.165, 1.54) is 5.57 Å². The SMILES string of the molecule is C=C(C(=O)O)[C@H]1C[C@@H](OC(=O)C[C@H](C)CC)[C@@]2(C)CCCC(=C)[C@@H]2C1. The van der Waals surface area contributed by atoms with Crippen molar-refractivity contribution in [1.29, 1.82) is 0 Å². The van der Waals surface area contributed by atoms with Crippen LogP contribution in [0.3, 0.4) is 0 Å². The number of carboxylic acids is 1. The van der Waals surface area contributed by atoms with Crippen LogP contribution in [0.2, 0.25) is 0 Å². The number of carboxylic acid groups (broad SMARTS) is 1. The second kappa shape index (κ2) is 7.76. The van der Waals surface area contributed by atoms with Crippen molar-refractivity contribution in [3.63, 3.8) is 0 Å². The maximum absolute atomic E-state index is 12.4. The molecule has 0 aromatic heterocycles. The van der Waals surface area contributed by atoms with Gasteiger partial charge in [-0.05, 0) is 49.9 Å². The van der Waals surface area contributed by atoms with Gasteiger partial charge in [0.2, 0.25) is 0 Å². The van der Waals surface area contributed by atoms with Gasteiger partial charge in [-0.1, -0.05) is 45.9 Å². The van der Waals surface area contributed by atoms with E-state index in [2.05, 4.69) is 27.0 Å². The summed E-state index contributed by atoms with van der Waals surface area (Å²) in [7, 11) is 0. The molecule has 0 aromatic rings. The van der Waals surface area contributed by atoms with Gasteiger partial charge in [-0.25, -0.2) is 4.79 Å².